The number of carbonyl (C=O) groups is 1. The normalized spacial score (nSPS) is 58.0. The van der Waals surface area contributed by atoms with Gasteiger partial charge in [-0.05, 0) is 103 Å². The van der Waals surface area contributed by atoms with Crippen LogP contribution in [-0.4, -0.2) is 28.7 Å². The Labute approximate surface area is 202 Å². The van der Waals surface area contributed by atoms with Crippen molar-refractivity contribution in [2.75, 3.05) is 6.61 Å². The van der Waals surface area contributed by atoms with Gasteiger partial charge in [0.05, 0.1) is 6.10 Å². The largest absolute Gasteiger partial charge is 0.396 e. The number of fused-ring (bicyclic) bond motifs is 7. The van der Waals surface area contributed by atoms with Crippen molar-refractivity contribution in [3.8, 4) is 0 Å². The molecule has 188 valence electrons. The predicted octanol–water partition coefficient (Wildman–Crippen LogP) is 6.40. The second-order valence-electron chi connectivity index (χ2n) is 15.3. The number of hydrogen-bond acceptors (Lipinski definition) is 3. The van der Waals surface area contributed by atoms with Crippen LogP contribution >= 0.6 is 0 Å². The molecular weight excluding hydrogens is 408 g/mol. The number of rotatable bonds is 1. The fraction of sp³-hybridized carbons (Fsp3) is 0.967. The van der Waals surface area contributed by atoms with E-state index in [9.17, 15) is 15.0 Å². The van der Waals surface area contributed by atoms with E-state index < -0.39 is 6.10 Å². The Morgan fingerprint density at radius 1 is 0.848 bits per heavy atom. The minimum Gasteiger partial charge on any atom is -0.396 e. The lowest BCUT2D eigenvalue weighted by molar-refractivity contribution is -0.296. The lowest BCUT2D eigenvalue weighted by atomic mass is 9.29. The van der Waals surface area contributed by atoms with E-state index >= 15 is 0 Å². The average Bonchev–Trinajstić information content (AvgIpc) is 2.73. The molecule has 5 saturated carbocycles. The molecule has 0 spiro atoms. The zero-order chi connectivity index (χ0) is 24.2. The van der Waals surface area contributed by atoms with Gasteiger partial charge in [0.25, 0.3) is 0 Å². The summed E-state index contributed by atoms with van der Waals surface area (Å²) < 4.78 is 0. The van der Waals surface area contributed by atoms with Gasteiger partial charge in [-0.1, -0.05) is 48.5 Å². The van der Waals surface area contributed by atoms with Crippen molar-refractivity contribution < 1.29 is 15.0 Å². The van der Waals surface area contributed by atoms with Gasteiger partial charge in [-0.3, -0.25) is 4.79 Å². The van der Waals surface area contributed by atoms with E-state index in [0.717, 1.165) is 32.1 Å². The zero-order valence-electron chi connectivity index (χ0n) is 22.5. The van der Waals surface area contributed by atoms with Crippen LogP contribution in [0.5, 0.6) is 0 Å². The van der Waals surface area contributed by atoms with E-state index in [1.54, 1.807) is 0 Å². The quantitative estimate of drug-likeness (QED) is 0.478. The van der Waals surface area contributed by atoms with Crippen molar-refractivity contribution in [3.05, 3.63) is 0 Å². The number of aliphatic hydroxyl groups is 2. The Balaban J connectivity index is 1.62. The van der Waals surface area contributed by atoms with Gasteiger partial charge in [0, 0.05) is 24.4 Å². The molecule has 0 saturated heterocycles. The molecule has 5 aliphatic rings. The van der Waals surface area contributed by atoms with E-state index in [0.29, 0.717) is 34.9 Å². The molecule has 2 unspecified atom stereocenters. The summed E-state index contributed by atoms with van der Waals surface area (Å²) >= 11 is 0. The SMILES string of the molecule is C[C@H]1C(=O)CCC2[C@]3(C)CC[C@@]4(C)[C@@H]5CC(C)(C)CC[C@]5(C)CC[C@]4(CO)C3[C@H](O)C[C@@]21C. The summed E-state index contributed by atoms with van der Waals surface area (Å²) in [6, 6.07) is 0. The second kappa shape index (κ2) is 7.09. The first-order valence-electron chi connectivity index (χ1n) is 14.0. The van der Waals surface area contributed by atoms with E-state index in [2.05, 4.69) is 48.5 Å². The highest BCUT2D eigenvalue weighted by Gasteiger charge is 2.74. The van der Waals surface area contributed by atoms with Gasteiger partial charge in [0.15, 0.2) is 0 Å². The van der Waals surface area contributed by atoms with Crippen molar-refractivity contribution in [1.29, 1.82) is 0 Å². The van der Waals surface area contributed by atoms with Crippen molar-refractivity contribution in [2.45, 2.75) is 119 Å². The number of ketones is 1. The minimum absolute atomic E-state index is 0.0124. The van der Waals surface area contributed by atoms with Crippen LogP contribution in [0.1, 0.15) is 113 Å². The highest BCUT2D eigenvalue weighted by molar-refractivity contribution is 5.82. The van der Waals surface area contributed by atoms with Crippen LogP contribution in [-0.2, 0) is 4.79 Å². The Morgan fingerprint density at radius 2 is 1.52 bits per heavy atom. The van der Waals surface area contributed by atoms with Crippen LogP contribution in [0.3, 0.4) is 0 Å². The molecule has 33 heavy (non-hydrogen) atoms. The summed E-state index contributed by atoms with van der Waals surface area (Å²) in [7, 11) is 0. The zero-order valence-corrected chi connectivity index (χ0v) is 22.5. The first-order chi connectivity index (χ1) is 15.2. The molecule has 0 amide bonds. The molecular formula is C30H50O3. The van der Waals surface area contributed by atoms with Crippen molar-refractivity contribution in [3.63, 3.8) is 0 Å². The molecule has 5 fully saturated rings. The first-order valence-corrected chi connectivity index (χ1v) is 14.0. The molecule has 0 aromatic heterocycles. The van der Waals surface area contributed by atoms with Crippen LogP contribution < -0.4 is 0 Å². The van der Waals surface area contributed by atoms with Crippen LogP contribution in [0.15, 0.2) is 0 Å². The maximum absolute atomic E-state index is 12.8. The molecule has 0 radical (unpaired) electrons. The fourth-order valence-corrected chi connectivity index (χ4v) is 11.4. The number of carbonyl (C=O) groups excluding carboxylic acids is 1. The van der Waals surface area contributed by atoms with Crippen molar-refractivity contribution >= 4 is 5.78 Å². The topological polar surface area (TPSA) is 57.5 Å². The smallest absolute Gasteiger partial charge is 0.136 e. The van der Waals surface area contributed by atoms with E-state index in [1.165, 1.54) is 25.7 Å². The number of hydrogen-bond donors (Lipinski definition) is 2. The lowest BCUT2D eigenvalue weighted by Gasteiger charge is -2.75. The second-order valence-corrected chi connectivity index (χ2v) is 15.3. The Morgan fingerprint density at radius 3 is 2.18 bits per heavy atom. The van der Waals surface area contributed by atoms with E-state index in [1.807, 2.05) is 0 Å². The van der Waals surface area contributed by atoms with Gasteiger partial charge >= 0.3 is 0 Å². The highest BCUT2D eigenvalue weighted by atomic mass is 16.3. The standard InChI is InChI=1S/C30H50O3/c1-19-20(32)8-9-22-27(5)13-14-29(7)23-17-25(2,3)10-11-26(23,4)12-15-30(29,18-31)24(27)21(33)16-28(19,22)6/h19,21-24,31,33H,8-18H2,1-7H3/t19-,21+,22?,23+,24?,26+,27-,28+,29-,30-/m0/s1. The molecule has 0 heterocycles. The van der Waals surface area contributed by atoms with Crippen molar-refractivity contribution in [1.82, 2.24) is 0 Å². The Bertz CT molecular complexity index is 834. The van der Waals surface area contributed by atoms with Gasteiger partial charge in [0.2, 0.25) is 0 Å². The van der Waals surface area contributed by atoms with Gasteiger partial charge < -0.3 is 10.2 Å². The third kappa shape index (κ3) is 2.90. The van der Waals surface area contributed by atoms with E-state index in [4.69, 9.17) is 0 Å². The summed E-state index contributed by atoms with van der Waals surface area (Å²) in [5.74, 6) is 1.60. The van der Waals surface area contributed by atoms with Crippen LogP contribution in [0.4, 0.5) is 0 Å². The number of aliphatic hydroxyl groups excluding tert-OH is 2. The molecule has 0 aliphatic heterocycles. The maximum Gasteiger partial charge on any atom is 0.136 e. The van der Waals surface area contributed by atoms with E-state index in [-0.39, 0.29) is 40.1 Å². The molecule has 3 heteroatoms. The fourth-order valence-electron chi connectivity index (χ4n) is 11.4. The van der Waals surface area contributed by atoms with Gasteiger partial charge in [-0.15, -0.1) is 0 Å². The predicted molar refractivity (Wildman–Crippen MR) is 133 cm³/mol. The van der Waals surface area contributed by atoms with Gasteiger partial charge in [-0.2, -0.15) is 0 Å². The highest BCUT2D eigenvalue weighted by Crippen LogP contribution is 2.78. The van der Waals surface area contributed by atoms with Crippen LogP contribution in [0, 0.1) is 56.2 Å². The lowest BCUT2D eigenvalue weighted by Crippen LogP contribution is -2.72. The minimum atomic E-state index is -0.433. The third-order valence-corrected chi connectivity index (χ3v) is 13.6. The first kappa shape index (κ1) is 24.3. The summed E-state index contributed by atoms with van der Waals surface area (Å²) in [5, 5.41) is 23.3. The Kier molecular flexibility index (Phi) is 5.22. The summed E-state index contributed by atoms with van der Waals surface area (Å²) in [4.78, 5) is 12.8. The molecule has 5 aliphatic carbocycles. The summed E-state index contributed by atoms with van der Waals surface area (Å²) in [6.07, 6.45) is 10.3. The summed E-state index contributed by atoms with van der Waals surface area (Å²) in [6.45, 7) is 17.0. The van der Waals surface area contributed by atoms with Gasteiger partial charge in [0.1, 0.15) is 5.78 Å². The maximum atomic E-state index is 12.8. The van der Waals surface area contributed by atoms with Crippen molar-refractivity contribution in [2.24, 2.45) is 56.2 Å². The molecule has 0 aromatic carbocycles. The number of Topliss-reactive ketones (excluding diaryl/α,β-unsaturated/α-hetero) is 1. The van der Waals surface area contributed by atoms with Crippen LogP contribution in [0.25, 0.3) is 0 Å². The third-order valence-electron chi connectivity index (χ3n) is 13.6. The average molecular weight is 459 g/mol. The van der Waals surface area contributed by atoms with Gasteiger partial charge in [-0.25, -0.2) is 0 Å². The summed E-state index contributed by atoms with van der Waals surface area (Å²) in [5.41, 5.74) is 0.415. The molecule has 0 bridgehead atoms. The molecule has 5 rings (SSSR count). The van der Waals surface area contributed by atoms with Crippen LogP contribution in [0.2, 0.25) is 0 Å². The molecule has 0 aromatic rings. The molecule has 2 N–H and O–H groups in total. The molecule has 10 atom stereocenters. The monoisotopic (exact) mass is 458 g/mol. The molecule has 3 nitrogen and oxygen atoms in total. The Hall–Kier alpha value is -0.410.